The van der Waals surface area contributed by atoms with Gasteiger partial charge >= 0.3 is 0 Å². The molecular weight excluding hydrogens is 209 g/mol. The molecule has 0 aliphatic carbocycles. The SMILES string of the molecule is COc1ccc(F)c(Cl)c1C(N)CO. The monoisotopic (exact) mass is 219 g/mol. The van der Waals surface area contributed by atoms with Crippen molar-refractivity contribution in [1.82, 2.24) is 0 Å². The highest BCUT2D eigenvalue weighted by Gasteiger charge is 2.18. The van der Waals surface area contributed by atoms with Crippen LogP contribution in [0.15, 0.2) is 12.1 Å². The van der Waals surface area contributed by atoms with E-state index in [1.54, 1.807) is 0 Å². The molecule has 3 N–H and O–H groups in total. The number of methoxy groups -OCH3 is 1. The van der Waals surface area contributed by atoms with Crippen LogP contribution in [-0.2, 0) is 0 Å². The predicted octanol–water partition coefficient (Wildman–Crippen LogP) is 1.48. The summed E-state index contributed by atoms with van der Waals surface area (Å²) in [5.74, 6) is -0.204. The van der Waals surface area contributed by atoms with E-state index >= 15 is 0 Å². The van der Waals surface area contributed by atoms with Crippen LogP contribution in [0.1, 0.15) is 11.6 Å². The molecule has 0 spiro atoms. The van der Waals surface area contributed by atoms with Gasteiger partial charge in [-0.2, -0.15) is 0 Å². The summed E-state index contributed by atoms with van der Waals surface area (Å²) in [6.45, 7) is -0.320. The number of halogens is 2. The Balaban J connectivity index is 3.27. The van der Waals surface area contributed by atoms with E-state index in [2.05, 4.69) is 0 Å². The molecule has 0 aliphatic heterocycles. The Morgan fingerprint density at radius 3 is 2.79 bits per heavy atom. The van der Waals surface area contributed by atoms with Crippen molar-refractivity contribution in [3.63, 3.8) is 0 Å². The number of ether oxygens (including phenoxy) is 1. The lowest BCUT2D eigenvalue weighted by Gasteiger charge is -2.15. The van der Waals surface area contributed by atoms with Gasteiger partial charge in [0.1, 0.15) is 11.6 Å². The van der Waals surface area contributed by atoms with Crippen LogP contribution in [0.25, 0.3) is 0 Å². The topological polar surface area (TPSA) is 55.5 Å². The summed E-state index contributed by atoms with van der Waals surface area (Å²) in [6.07, 6.45) is 0. The third-order valence-electron chi connectivity index (χ3n) is 1.88. The van der Waals surface area contributed by atoms with E-state index in [0.29, 0.717) is 5.75 Å². The molecule has 0 saturated heterocycles. The Bertz CT molecular complexity index is 333. The lowest BCUT2D eigenvalue weighted by Crippen LogP contribution is -2.16. The Morgan fingerprint density at radius 2 is 2.29 bits per heavy atom. The number of nitrogens with two attached hydrogens (primary N) is 1. The van der Waals surface area contributed by atoms with Crippen LogP contribution in [0.5, 0.6) is 5.75 Å². The average Bonchev–Trinajstić information content (AvgIpc) is 2.20. The summed E-state index contributed by atoms with van der Waals surface area (Å²) in [4.78, 5) is 0. The highest BCUT2D eigenvalue weighted by Crippen LogP contribution is 2.32. The molecular formula is C9H11ClFNO2. The molecule has 0 radical (unpaired) electrons. The molecule has 5 heteroatoms. The van der Waals surface area contributed by atoms with Gasteiger partial charge in [0, 0.05) is 5.56 Å². The van der Waals surface area contributed by atoms with Gasteiger partial charge in [-0.05, 0) is 12.1 Å². The standard InChI is InChI=1S/C9H11ClFNO2/c1-14-7-3-2-5(11)9(10)8(7)6(12)4-13/h2-3,6,13H,4,12H2,1H3. The minimum atomic E-state index is -0.742. The number of rotatable bonds is 3. The lowest BCUT2D eigenvalue weighted by atomic mass is 10.1. The normalized spacial score (nSPS) is 12.6. The van der Waals surface area contributed by atoms with Crippen LogP contribution >= 0.6 is 11.6 Å². The van der Waals surface area contributed by atoms with Gasteiger partial charge in [-0.3, -0.25) is 0 Å². The van der Waals surface area contributed by atoms with Gasteiger partial charge in [-0.15, -0.1) is 0 Å². The molecule has 1 aromatic carbocycles. The zero-order valence-corrected chi connectivity index (χ0v) is 8.38. The van der Waals surface area contributed by atoms with E-state index in [1.165, 1.54) is 19.2 Å². The van der Waals surface area contributed by atoms with Gasteiger partial charge in [-0.1, -0.05) is 11.6 Å². The minimum Gasteiger partial charge on any atom is -0.496 e. The molecule has 14 heavy (non-hydrogen) atoms. The Morgan fingerprint density at radius 1 is 1.64 bits per heavy atom. The molecule has 3 nitrogen and oxygen atoms in total. The number of aliphatic hydroxyl groups excluding tert-OH is 1. The molecule has 78 valence electrons. The molecule has 1 atom stereocenters. The average molecular weight is 220 g/mol. The molecule has 0 fully saturated rings. The van der Waals surface area contributed by atoms with Crippen molar-refractivity contribution in [2.75, 3.05) is 13.7 Å². The fourth-order valence-corrected chi connectivity index (χ4v) is 1.46. The highest BCUT2D eigenvalue weighted by atomic mass is 35.5. The second-order valence-corrected chi connectivity index (χ2v) is 3.14. The summed E-state index contributed by atoms with van der Waals surface area (Å²) in [5, 5.41) is 8.76. The van der Waals surface area contributed by atoms with Crippen molar-refractivity contribution in [3.05, 3.63) is 28.5 Å². The van der Waals surface area contributed by atoms with Crippen molar-refractivity contribution >= 4 is 11.6 Å². The van der Waals surface area contributed by atoms with Gasteiger partial charge < -0.3 is 15.6 Å². The third-order valence-corrected chi connectivity index (χ3v) is 2.26. The van der Waals surface area contributed by atoms with Crippen LogP contribution in [0, 0.1) is 5.82 Å². The molecule has 1 rings (SSSR count). The van der Waals surface area contributed by atoms with E-state index in [9.17, 15) is 4.39 Å². The molecule has 0 saturated carbocycles. The van der Waals surface area contributed by atoms with Gasteiger partial charge in [-0.25, -0.2) is 4.39 Å². The Labute approximate surface area is 86.2 Å². The zero-order valence-electron chi connectivity index (χ0n) is 7.63. The minimum absolute atomic E-state index is 0.106. The molecule has 0 aromatic heterocycles. The second-order valence-electron chi connectivity index (χ2n) is 2.77. The first-order chi connectivity index (χ1) is 6.61. The second kappa shape index (κ2) is 4.59. The zero-order chi connectivity index (χ0) is 10.7. The van der Waals surface area contributed by atoms with Crippen LogP contribution in [0.4, 0.5) is 4.39 Å². The van der Waals surface area contributed by atoms with E-state index in [0.717, 1.165) is 0 Å². The Hall–Kier alpha value is -0.840. The first kappa shape index (κ1) is 11.2. The maximum atomic E-state index is 13.1. The maximum absolute atomic E-state index is 13.1. The fourth-order valence-electron chi connectivity index (χ4n) is 1.16. The number of hydrogen-bond acceptors (Lipinski definition) is 3. The summed E-state index contributed by atoms with van der Waals surface area (Å²) in [5.41, 5.74) is 5.85. The van der Waals surface area contributed by atoms with Gasteiger partial charge in [0.15, 0.2) is 0 Å². The van der Waals surface area contributed by atoms with Crippen LogP contribution < -0.4 is 10.5 Å². The maximum Gasteiger partial charge on any atom is 0.142 e. The molecule has 0 heterocycles. The largest absolute Gasteiger partial charge is 0.496 e. The first-order valence-corrected chi connectivity index (χ1v) is 4.38. The van der Waals surface area contributed by atoms with E-state index in [-0.39, 0.29) is 17.2 Å². The summed E-state index contributed by atoms with van der Waals surface area (Å²) in [6, 6.07) is 1.87. The molecule has 0 amide bonds. The van der Waals surface area contributed by atoms with Crippen LogP contribution in [0.3, 0.4) is 0 Å². The summed E-state index contributed by atoms with van der Waals surface area (Å²) in [7, 11) is 1.43. The predicted molar refractivity (Wildman–Crippen MR) is 52.0 cm³/mol. The van der Waals surface area contributed by atoms with Crippen LogP contribution in [-0.4, -0.2) is 18.8 Å². The van der Waals surface area contributed by atoms with Crippen molar-refractivity contribution in [3.8, 4) is 5.75 Å². The summed E-state index contributed by atoms with van der Waals surface area (Å²) < 4.78 is 18.0. The number of aliphatic hydroxyl groups is 1. The smallest absolute Gasteiger partial charge is 0.142 e. The lowest BCUT2D eigenvalue weighted by molar-refractivity contribution is 0.264. The van der Waals surface area contributed by atoms with E-state index in [1.807, 2.05) is 0 Å². The number of hydrogen-bond donors (Lipinski definition) is 2. The third kappa shape index (κ3) is 1.97. The summed E-state index contributed by atoms with van der Waals surface area (Å²) >= 11 is 5.70. The van der Waals surface area contributed by atoms with Crippen LogP contribution in [0.2, 0.25) is 5.02 Å². The highest BCUT2D eigenvalue weighted by molar-refractivity contribution is 6.31. The molecule has 1 aromatic rings. The van der Waals surface area contributed by atoms with Crippen molar-refractivity contribution in [1.29, 1.82) is 0 Å². The fraction of sp³-hybridized carbons (Fsp3) is 0.333. The van der Waals surface area contributed by atoms with E-state index in [4.69, 9.17) is 27.2 Å². The van der Waals surface area contributed by atoms with Crippen molar-refractivity contribution < 1.29 is 14.2 Å². The molecule has 0 bridgehead atoms. The van der Waals surface area contributed by atoms with Crippen molar-refractivity contribution in [2.24, 2.45) is 5.73 Å². The first-order valence-electron chi connectivity index (χ1n) is 4.00. The van der Waals surface area contributed by atoms with Gasteiger partial charge in [0.05, 0.1) is 24.8 Å². The molecule has 0 aliphatic rings. The van der Waals surface area contributed by atoms with Gasteiger partial charge in [0.2, 0.25) is 0 Å². The molecule has 1 unspecified atom stereocenters. The van der Waals surface area contributed by atoms with E-state index < -0.39 is 11.9 Å². The Kier molecular flexibility index (Phi) is 3.69. The number of benzene rings is 1. The van der Waals surface area contributed by atoms with Crippen molar-refractivity contribution in [2.45, 2.75) is 6.04 Å². The quantitative estimate of drug-likeness (QED) is 0.810. The van der Waals surface area contributed by atoms with Gasteiger partial charge in [0.25, 0.3) is 0 Å².